The van der Waals surface area contributed by atoms with Crippen LogP contribution < -0.4 is 5.32 Å². The minimum Gasteiger partial charge on any atom is -0.315 e. The first-order chi connectivity index (χ1) is 9.37. The lowest BCUT2D eigenvalue weighted by atomic mass is 9.70. The topological polar surface area (TPSA) is 15.3 Å². The van der Waals surface area contributed by atoms with Gasteiger partial charge in [-0.05, 0) is 44.1 Å². The molecule has 0 aromatic heterocycles. The maximum Gasteiger partial charge on any atom is 0.0271 e. The molecule has 2 unspecified atom stereocenters. The van der Waals surface area contributed by atoms with Gasteiger partial charge in [-0.1, -0.05) is 48.0 Å². The van der Waals surface area contributed by atoms with E-state index in [-0.39, 0.29) is 0 Å². The van der Waals surface area contributed by atoms with Crippen molar-refractivity contribution in [1.29, 1.82) is 0 Å². The summed E-state index contributed by atoms with van der Waals surface area (Å²) < 4.78 is 0. The van der Waals surface area contributed by atoms with Gasteiger partial charge in [0, 0.05) is 24.7 Å². The quantitative estimate of drug-likeness (QED) is 0.749. The molecule has 2 heteroatoms. The van der Waals surface area contributed by atoms with Gasteiger partial charge in [-0.3, -0.25) is 4.90 Å². The van der Waals surface area contributed by atoms with Crippen LogP contribution in [0, 0.1) is 11.3 Å². The summed E-state index contributed by atoms with van der Waals surface area (Å²) >= 11 is 0. The average Bonchev–Trinajstić information content (AvgIpc) is 2.37. The molecule has 0 amide bonds. The summed E-state index contributed by atoms with van der Waals surface area (Å²) in [4.78, 5) is 2.84. The van der Waals surface area contributed by atoms with E-state index in [4.69, 9.17) is 0 Å². The van der Waals surface area contributed by atoms with E-state index in [9.17, 15) is 0 Å². The molecule has 0 radical (unpaired) electrons. The Morgan fingerprint density at radius 2 is 1.80 bits per heavy atom. The number of hydrogen-bond acceptors (Lipinski definition) is 2. The molecule has 0 spiro atoms. The minimum atomic E-state index is 0.416. The van der Waals surface area contributed by atoms with Gasteiger partial charge in [0.15, 0.2) is 0 Å². The molecule has 1 fully saturated rings. The Morgan fingerprint density at radius 1 is 1.20 bits per heavy atom. The highest BCUT2D eigenvalue weighted by Gasteiger charge is 2.41. The zero-order valence-electron chi connectivity index (χ0n) is 15.0. The van der Waals surface area contributed by atoms with Crippen LogP contribution in [0.2, 0.25) is 0 Å². The molecule has 0 aromatic carbocycles. The van der Waals surface area contributed by atoms with Gasteiger partial charge in [0.25, 0.3) is 0 Å². The second-order valence-electron chi connectivity index (χ2n) is 7.78. The van der Waals surface area contributed by atoms with Gasteiger partial charge >= 0.3 is 0 Å². The van der Waals surface area contributed by atoms with Crippen molar-refractivity contribution in [2.75, 3.05) is 13.6 Å². The summed E-state index contributed by atoms with van der Waals surface area (Å²) in [7, 11) is 2.16. The Bertz CT molecular complexity index is 269. The summed E-state index contributed by atoms with van der Waals surface area (Å²) in [5.41, 5.74) is 0.416. The zero-order chi connectivity index (χ0) is 15.3. The molecule has 0 heterocycles. The second-order valence-corrected chi connectivity index (χ2v) is 7.78. The van der Waals surface area contributed by atoms with Gasteiger partial charge in [-0.15, -0.1) is 0 Å². The Labute approximate surface area is 127 Å². The van der Waals surface area contributed by atoms with Crippen LogP contribution in [0.25, 0.3) is 0 Å². The number of nitrogens with zero attached hydrogens (tertiary/aromatic N) is 1. The van der Waals surface area contributed by atoms with Gasteiger partial charge < -0.3 is 5.32 Å². The lowest BCUT2D eigenvalue weighted by molar-refractivity contribution is 0.0162. The lowest BCUT2D eigenvalue weighted by Gasteiger charge is -2.51. The maximum atomic E-state index is 3.66. The van der Waals surface area contributed by atoms with E-state index in [0.29, 0.717) is 17.5 Å². The van der Waals surface area contributed by atoms with Gasteiger partial charge in [-0.25, -0.2) is 0 Å². The zero-order valence-corrected chi connectivity index (χ0v) is 15.0. The molecule has 2 nitrogen and oxygen atoms in total. The highest BCUT2D eigenvalue weighted by molar-refractivity contribution is 4.98. The fourth-order valence-electron chi connectivity index (χ4n) is 4.28. The highest BCUT2D eigenvalue weighted by atomic mass is 15.2. The van der Waals surface area contributed by atoms with Gasteiger partial charge in [0.2, 0.25) is 0 Å². The molecule has 20 heavy (non-hydrogen) atoms. The van der Waals surface area contributed by atoms with Gasteiger partial charge in [0.1, 0.15) is 0 Å². The van der Waals surface area contributed by atoms with E-state index in [2.05, 4.69) is 58.8 Å². The van der Waals surface area contributed by atoms with Crippen molar-refractivity contribution in [1.82, 2.24) is 10.2 Å². The summed E-state index contributed by atoms with van der Waals surface area (Å²) in [6.45, 7) is 15.6. The van der Waals surface area contributed by atoms with Crippen molar-refractivity contribution in [3.05, 3.63) is 0 Å². The lowest BCUT2D eigenvalue weighted by Crippen LogP contribution is -2.60. The fraction of sp³-hybridized carbons (Fsp3) is 1.00. The molecule has 1 N–H and O–H groups in total. The largest absolute Gasteiger partial charge is 0.315 e. The van der Waals surface area contributed by atoms with E-state index in [1.165, 1.54) is 38.6 Å². The SMILES string of the molecule is CCC(CC)N(CC(C)C)C1CCCC(C)(C)C1NC. The van der Waals surface area contributed by atoms with E-state index in [1.54, 1.807) is 0 Å². The number of hydrogen-bond donors (Lipinski definition) is 1. The number of likely N-dealkylation sites (N-methyl/N-ethyl adjacent to an activating group) is 1. The van der Waals surface area contributed by atoms with E-state index < -0.39 is 0 Å². The van der Waals surface area contributed by atoms with Crippen molar-refractivity contribution >= 4 is 0 Å². The first-order valence-electron chi connectivity index (χ1n) is 8.80. The molecule has 0 bridgehead atoms. The molecule has 1 aliphatic carbocycles. The standard InChI is InChI=1S/C18H38N2/c1-8-15(9-2)20(13-14(3)4)16-11-10-12-18(5,6)17(16)19-7/h14-17,19H,8-13H2,1-7H3. The number of nitrogens with one attached hydrogen (secondary N) is 1. The predicted molar refractivity (Wildman–Crippen MR) is 90.2 cm³/mol. The van der Waals surface area contributed by atoms with Crippen molar-refractivity contribution in [3.8, 4) is 0 Å². The summed E-state index contributed by atoms with van der Waals surface area (Å²) in [6.07, 6.45) is 6.64. The first kappa shape index (κ1) is 18.0. The molecule has 2 atom stereocenters. The van der Waals surface area contributed by atoms with Crippen LogP contribution in [-0.4, -0.2) is 36.6 Å². The van der Waals surface area contributed by atoms with E-state index in [0.717, 1.165) is 12.0 Å². The molecule has 0 saturated heterocycles. The van der Waals surface area contributed by atoms with E-state index >= 15 is 0 Å². The molecular weight excluding hydrogens is 244 g/mol. The second kappa shape index (κ2) is 7.79. The van der Waals surface area contributed by atoms with Crippen molar-refractivity contribution in [2.24, 2.45) is 11.3 Å². The maximum absolute atomic E-state index is 3.66. The third-order valence-electron chi connectivity index (χ3n) is 5.27. The summed E-state index contributed by atoms with van der Waals surface area (Å²) in [5, 5.41) is 3.66. The molecule has 1 aliphatic rings. The monoisotopic (exact) mass is 282 g/mol. The Kier molecular flexibility index (Phi) is 7.00. The van der Waals surface area contributed by atoms with E-state index in [1.807, 2.05) is 0 Å². The Hall–Kier alpha value is -0.0800. The first-order valence-corrected chi connectivity index (χ1v) is 8.80. The third-order valence-corrected chi connectivity index (χ3v) is 5.27. The fourth-order valence-corrected chi connectivity index (χ4v) is 4.28. The van der Waals surface area contributed by atoms with Crippen LogP contribution in [-0.2, 0) is 0 Å². The average molecular weight is 283 g/mol. The smallest absolute Gasteiger partial charge is 0.0271 e. The van der Waals surface area contributed by atoms with Gasteiger partial charge in [0.05, 0.1) is 0 Å². The normalized spacial score (nSPS) is 26.7. The Balaban J connectivity index is 2.97. The third kappa shape index (κ3) is 4.21. The van der Waals surface area contributed by atoms with Crippen molar-refractivity contribution < 1.29 is 0 Å². The number of rotatable bonds is 7. The summed E-state index contributed by atoms with van der Waals surface area (Å²) in [6, 6.07) is 2.07. The van der Waals surface area contributed by atoms with Crippen LogP contribution in [0.15, 0.2) is 0 Å². The molecule has 1 rings (SSSR count). The Morgan fingerprint density at radius 3 is 2.25 bits per heavy atom. The molecule has 120 valence electrons. The van der Waals surface area contributed by atoms with Crippen LogP contribution in [0.1, 0.15) is 73.6 Å². The van der Waals surface area contributed by atoms with Crippen molar-refractivity contribution in [2.45, 2.75) is 91.8 Å². The molecule has 1 saturated carbocycles. The van der Waals surface area contributed by atoms with Crippen LogP contribution in [0.5, 0.6) is 0 Å². The molecule has 0 aromatic rings. The highest BCUT2D eigenvalue weighted by Crippen LogP contribution is 2.38. The molecule has 0 aliphatic heterocycles. The van der Waals surface area contributed by atoms with Crippen LogP contribution >= 0.6 is 0 Å². The van der Waals surface area contributed by atoms with Crippen LogP contribution in [0.3, 0.4) is 0 Å². The van der Waals surface area contributed by atoms with Gasteiger partial charge in [-0.2, -0.15) is 0 Å². The van der Waals surface area contributed by atoms with Crippen LogP contribution in [0.4, 0.5) is 0 Å². The molecular formula is C18H38N2. The van der Waals surface area contributed by atoms with Crippen molar-refractivity contribution in [3.63, 3.8) is 0 Å². The predicted octanol–water partition coefficient (Wildman–Crippen LogP) is 4.30. The minimum absolute atomic E-state index is 0.416. The summed E-state index contributed by atoms with van der Waals surface area (Å²) in [5.74, 6) is 0.748.